The number of alkyl carbamates (subject to hydrolysis) is 2. The maximum atomic E-state index is 13.7. The monoisotopic (exact) mass is 792 g/mol. The Bertz CT molecular complexity index is 2350. The molecule has 2 aliphatic heterocycles. The van der Waals surface area contributed by atoms with E-state index in [2.05, 4.69) is 55.9 Å². The second-order valence-corrected chi connectivity index (χ2v) is 15.8. The standard InChI is InChI=1S/C43H52N8O7/c1-8-13-50(40(52)37(23(2)3)48-42(54)56-6)21-34-44-19-30(46-34)28-16-26-12-11-25-15-27(17-29-22-58-33(18-28)36(26)35(25)29)31-20-45-39(47-31)32-10-9-14-51(32)41(53)38(24(4)5)49-43(55)57-7/h11-12,15-20,23-24,32,37-38H,8-10,13-14,21-22H2,1-7H3,(H,44,46)(H,45,47)(H,48,54)(H,49,55)/t32-,37-,38-/m0/s1. The van der Waals surface area contributed by atoms with Crippen molar-refractivity contribution in [2.24, 2.45) is 11.8 Å². The summed E-state index contributed by atoms with van der Waals surface area (Å²) in [5.41, 5.74) is 4.58. The molecule has 4 heterocycles. The Labute approximate surface area is 337 Å². The van der Waals surface area contributed by atoms with Crippen LogP contribution in [0.4, 0.5) is 9.59 Å². The van der Waals surface area contributed by atoms with Gasteiger partial charge in [0, 0.05) is 29.6 Å². The third-order valence-electron chi connectivity index (χ3n) is 11.1. The summed E-state index contributed by atoms with van der Waals surface area (Å²) in [6.07, 6.45) is 4.65. The summed E-state index contributed by atoms with van der Waals surface area (Å²) < 4.78 is 16.0. The molecule has 2 aromatic heterocycles. The smallest absolute Gasteiger partial charge is 0.407 e. The van der Waals surface area contributed by atoms with Gasteiger partial charge in [-0.15, -0.1) is 0 Å². The molecule has 0 bridgehead atoms. The average Bonchev–Trinajstić information content (AvgIpc) is 4.01. The summed E-state index contributed by atoms with van der Waals surface area (Å²) >= 11 is 0. The minimum atomic E-state index is -0.728. The van der Waals surface area contributed by atoms with E-state index in [0.717, 1.165) is 74.6 Å². The number of methoxy groups -OCH3 is 2. The van der Waals surface area contributed by atoms with Gasteiger partial charge >= 0.3 is 12.2 Å². The van der Waals surface area contributed by atoms with Crippen LogP contribution in [-0.2, 0) is 32.2 Å². The molecule has 0 spiro atoms. The minimum absolute atomic E-state index is 0.119. The Hall–Kier alpha value is -6.12. The molecule has 1 saturated heterocycles. The fourth-order valence-electron chi connectivity index (χ4n) is 8.12. The number of aromatic nitrogens is 4. The molecule has 15 heteroatoms. The zero-order chi connectivity index (χ0) is 41.2. The number of ether oxygens (including phenoxy) is 3. The first-order valence-corrected chi connectivity index (χ1v) is 19.9. The number of nitrogens with zero attached hydrogens (tertiary/aromatic N) is 4. The van der Waals surface area contributed by atoms with Crippen LogP contribution in [0.25, 0.3) is 44.1 Å². The van der Waals surface area contributed by atoms with Crippen LogP contribution in [0.5, 0.6) is 5.75 Å². The number of imidazole rings is 2. The average molecular weight is 793 g/mol. The summed E-state index contributed by atoms with van der Waals surface area (Å²) in [7, 11) is 2.57. The van der Waals surface area contributed by atoms with Gasteiger partial charge in [-0.25, -0.2) is 19.6 Å². The lowest BCUT2D eigenvalue weighted by atomic mass is 9.92. The molecule has 0 aliphatic carbocycles. The van der Waals surface area contributed by atoms with Crippen molar-refractivity contribution in [3.8, 4) is 28.3 Å². The highest BCUT2D eigenvalue weighted by molar-refractivity contribution is 6.14. The molecule has 0 radical (unpaired) electrons. The van der Waals surface area contributed by atoms with Crippen LogP contribution in [-0.4, -0.2) is 93.1 Å². The lowest BCUT2D eigenvalue weighted by molar-refractivity contribution is -0.136. The van der Waals surface area contributed by atoms with Crippen LogP contribution < -0.4 is 15.4 Å². The molecule has 5 aromatic rings. The molecule has 0 saturated carbocycles. The highest BCUT2D eigenvalue weighted by atomic mass is 16.5. The van der Waals surface area contributed by atoms with E-state index in [9.17, 15) is 19.2 Å². The highest BCUT2D eigenvalue weighted by Gasteiger charge is 2.37. The zero-order valence-corrected chi connectivity index (χ0v) is 34.1. The van der Waals surface area contributed by atoms with Crippen LogP contribution in [0.1, 0.15) is 77.1 Å². The molecule has 3 aromatic carbocycles. The fourth-order valence-corrected chi connectivity index (χ4v) is 8.12. The fraction of sp³-hybridized carbons (Fsp3) is 0.442. The summed E-state index contributed by atoms with van der Waals surface area (Å²) in [6.45, 7) is 11.3. The van der Waals surface area contributed by atoms with Crippen molar-refractivity contribution in [1.82, 2.24) is 40.4 Å². The largest absolute Gasteiger partial charge is 0.488 e. The Morgan fingerprint density at radius 3 is 2.19 bits per heavy atom. The molecule has 3 atom stereocenters. The number of nitrogens with one attached hydrogen (secondary N) is 4. The molecular formula is C43H52N8O7. The lowest BCUT2D eigenvalue weighted by Gasteiger charge is -2.30. The topological polar surface area (TPSA) is 184 Å². The summed E-state index contributed by atoms with van der Waals surface area (Å²) in [4.78, 5) is 71.1. The van der Waals surface area contributed by atoms with E-state index in [1.807, 2.05) is 51.8 Å². The number of hydrogen-bond acceptors (Lipinski definition) is 9. The van der Waals surface area contributed by atoms with Crippen molar-refractivity contribution in [1.29, 1.82) is 0 Å². The number of rotatable bonds is 13. The minimum Gasteiger partial charge on any atom is -0.488 e. The van der Waals surface area contributed by atoms with Gasteiger partial charge in [0.25, 0.3) is 0 Å². The Balaban J connectivity index is 1.12. The van der Waals surface area contributed by atoms with E-state index in [0.29, 0.717) is 31.3 Å². The predicted octanol–water partition coefficient (Wildman–Crippen LogP) is 6.83. The van der Waals surface area contributed by atoms with Crippen molar-refractivity contribution < 1.29 is 33.4 Å². The van der Waals surface area contributed by atoms with Gasteiger partial charge in [-0.05, 0) is 77.1 Å². The first-order valence-electron chi connectivity index (χ1n) is 19.9. The maximum Gasteiger partial charge on any atom is 0.407 e. The molecule has 2 aliphatic rings. The van der Waals surface area contributed by atoms with Gasteiger partial charge in [-0.2, -0.15) is 0 Å². The number of hydrogen-bond donors (Lipinski definition) is 4. The van der Waals surface area contributed by atoms with Gasteiger partial charge in [0.15, 0.2) is 0 Å². The van der Waals surface area contributed by atoms with Crippen LogP contribution in [0.2, 0.25) is 0 Å². The third-order valence-corrected chi connectivity index (χ3v) is 11.1. The maximum absolute atomic E-state index is 13.7. The number of benzene rings is 3. The van der Waals surface area contributed by atoms with Gasteiger partial charge in [0.05, 0.1) is 50.6 Å². The number of amides is 4. The predicted molar refractivity (Wildman–Crippen MR) is 219 cm³/mol. The van der Waals surface area contributed by atoms with Crippen molar-refractivity contribution in [3.63, 3.8) is 0 Å². The van der Waals surface area contributed by atoms with Crippen molar-refractivity contribution in [2.75, 3.05) is 27.3 Å². The van der Waals surface area contributed by atoms with E-state index in [1.165, 1.54) is 14.2 Å². The zero-order valence-electron chi connectivity index (χ0n) is 34.1. The molecule has 0 unspecified atom stereocenters. The van der Waals surface area contributed by atoms with Gasteiger partial charge in [0.2, 0.25) is 11.8 Å². The van der Waals surface area contributed by atoms with Crippen molar-refractivity contribution in [3.05, 3.63) is 66.0 Å². The molecule has 306 valence electrons. The van der Waals surface area contributed by atoms with Crippen molar-refractivity contribution >= 4 is 45.5 Å². The highest BCUT2D eigenvalue weighted by Crippen LogP contribution is 2.43. The Morgan fingerprint density at radius 2 is 1.52 bits per heavy atom. The van der Waals surface area contributed by atoms with E-state index >= 15 is 0 Å². The second-order valence-electron chi connectivity index (χ2n) is 15.8. The van der Waals surface area contributed by atoms with E-state index in [4.69, 9.17) is 19.2 Å². The second kappa shape index (κ2) is 16.8. The summed E-state index contributed by atoms with van der Waals surface area (Å²) in [5, 5.41) is 9.66. The van der Waals surface area contributed by atoms with Crippen LogP contribution >= 0.6 is 0 Å². The van der Waals surface area contributed by atoms with Gasteiger partial charge in [-0.3, -0.25) is 9.59 Å². The SMILES string of the molecule is CCCN(Cc1ncc(-c2cc3c4c(ccc5cc(-c6cnc([C@@H]7CCCN7C(=O)[C@@H](NC(=O)OC)C(C)C)[nH]6)cc(c54)CO3)c2)[nH]1)C(=O)[C@@H](NC(=O)OC)C(C)C. The lowest BCUT2D eigenvalue weighted by Crippen LogP contribution is -2.51. The molecule has 15 nitrogen and oxygen atoms in total. The number of aromatic amines is 2. The van der Waals surface area contributed by atoms with Crippen molar-refractivity contribution in [2.45, 2.75) is 85.2 Å². The molecule has 58 heavy (non-hydrogen) atoms. The third kappa shape index (κ3) is 7.89. The molecular weight excluding hydrogens is 741 g/mol. The van der Waals surface area contributed by atoms with E-state index < -0.39 is 24.3 Å². The molecule has 1 fully saturated rings. The van der Waals surface area contributed by atoms with E-state index in [-0.39, 0.29) is 36.2 Å². The van der Waals surface area contributed by atoms with E-state index in [1.54, 1.807) is 11.1 Å². The van der Waals surface area contributed by atoms with Crippen LogP contribution in [0.3, 0.4) is 0 Å². The first-order chi connectivity index (χ1) is 27.9. The van der Waals surface area contributed by atoms with Gasteiger partial charge in [-0.1, -0.05) is 46.8 Å². The number of likely N-dealkylation sites (tertiary alicyclic amines) is 1. The van der Waals surface area contributed by atoms with Gasteiger partial charge < -0.3 is 44.6 Å². The normalized spacial score (nSPS) is 15.8. The van der Waals surface area contributed by atoms with Crippen LogP contribution in [0, 0.1) is 11.8 Å². The summed E-state index contributed by atoms with van der Waals surface area (Å²) in [6, 6.07) is 11.0. The molecule has 7 rings (SSSR count). The Morgan fingerprint density at radius 1 is 0.879 bits per heavy atom. The Kier molecular flexibility index (Phi) is 11.6. The molecule has 4 N–H and O–H groups in total. The number of carbonyl (C=O) groups is 4. The first kappa shape index (κ1) is 40.1. The number of H-pyrrole nitrogens is 2. The van der Waals surface area contributed by atoms with Crippen LogP contribution in [0.15, 0.2) is 48.8 Å². The molecule has 4 amide bonds. The summed E-state index contributed by atoms with van der Waals surface area (Å²) in [5.74, 6) is 1.52. The number of carbonyl (C=O) groups excluding carboxylic acids is 4. The quantitative estimate of drug-likeness (QED) is 0.0929. The van der Waals surface area contributed by atoms with Gasteiger partial charge in [0.1, 0.15) is 36.1 Å².